The molecule has 2 N–H and O–H groups in total. The van der Waals surface area contributed by atoms with Crippen LogP contribution in [0.1, 0.15) is 49.3 Å². The Hall–Kier alpha value is -1.75. The van der Waals surface area contributed by atoms with Gasteiger partial charge in [0.25, 0.3) is 0 Å². The fourth-order valence-electron chi connectivity index (χ4n) is 4.06. The van der Waals surface area contributed by atoms with Crippen LogP contribution in [0, 0.1) is 5.92 Å². The van der Waals surface area contributed by atoms with E-state index >= 15 is 0 Å². The van der Waals surface area contributed by atoms with Crippen molar-refractivity contribution >= 4 is 6.03 Å². The van der Waals surface area contributed by atoms with Gasteiger partial charge in [-0.25, -0.2) is 4.79 Å². The minimum atomic E-state index is -0.273. The van der Waals surface area contributed by atoms with Gasteiger partial charge in [0.15, 0.2) is 0 Å². The van der Waals surface area contributed by atoms with Crippen LogP contribution in [-0.4, -0.2) is 42.8 Å². The number of carbonyl (C=O) groups excluding carboxylic acids is 1. The van der Waals surface area contributed by atoms with E-state index in [0.29, 0.717) is 6.54 Å². The smallest absolute Gasteiger partial charge is 0.317 e. The number of urea groups is 1. The molecule has 0 spiro atoms. The highest BCUT2D eigenvalue weighted by atomic mass is 16.5. The number of aliphatic hydroxyl groups excluding tert-OH is 1. The van der Waals surface area contributed by atoms with Crippen LogP contribution < -0.4 is 10.1 Å². The highest BCUT2D eigenvalue weighted by Crippen LogP contribution is 2.36. The molecule has 0 saturated heterocycles. The van der Waals surface area contributed by atoms with E-state index in [9.17, 15) is 9.90 Å². The summed E-state index contributed by atoms with van der Waals surface area (Å²) in [4.78, 5) is 14.3. The van der Waals surface area contributed by atoms with E-state index in [0.717, 1.165) is 49.8 Å². The first-order chi connectivity index (χ1) is 11.6. The molecule has 2 aliphatic rings. The zero-order valence-corrected chi connectivity index (χ0v) is 14.6. The Labute approximate surface area is 144 Å². The van der Waals surface area contributed by atoms with Gasteiger partial charge in [-0.05, 0) is 42.9 Å². The Morgan fingerprint density at radius 3 is 2.88 bits per heavy atom. The van der Waals surface area contributed by atoms with Gasteiger partial charge in [-0.1, -0.05) is 25.0 Å². The van der Waals surface area contributed by atoms with Gasteiger partial charge in [0, 0.05) is 19.5 Å². The van der Waals surface area contributed by atoms with Crippen LogP contribution in [0.4, 0.5) is 4.79 Å². The van der Waals surface area contributed by atoms with Gasteiger partial charge in [0.2, 0.25) is 0 Å². The van der Waals surface area contributed by atoms with Crippen LogP contribution in [0.3, 0.4) is 0 Å². The SMILES string of the molecule is COc1cccc2c1CCC2NC(=O)N(C)CC1CCCCC1O. The molecule has 1 saturated carbocycles. The van der Waals surface area contributed by atoms with Gasteiger partial charge in [-0.15, -0.1) is 0 Å². The summed E-state index contributed by atoms with van der Waals surface area (Å²) in [5.74, 6) is 1.10. The van der Waals surface area contributed by atoms with Gasteiger partial charge in [-0.2, -0.15) is 0 Å². The number of carbonyl (C=O) groups is 1. The number of hydrogen-bond donors (Lipinski definition) is 2. The molecule has 132 valence electrons. The van der Waals surface area contributed by atoms with Gasteiger partial charge in [0.1, 0.15) is 5.75 Å². The lowest BCUT2D eigenvalue weighted by Crippen LogP contribution is -2.43. The quantitative estimate of drug-likeness (QED) is 0.891. The number of benzene rings is 1. The average molecular weight is 332 g/mol. The molecule has 2 aliphatic carbocycles. The first kappa shape index (κ1) is 17.1. The van der Waals surface area contributed by atoms with Crippen LogP contribution in [-0.2, 0) is 6.42 Å². The molecule has 0 heterocycles. The largest absolute Gasteiger partial charge is 0.496 e. The van der Waals surface area contributed by atoms with Crippen LogP contribution in [0.25, 0.3) is 0 Å². The molecular formula is C19H28N2O3. The summed E-state index contributed by atoms with van der Waals surface area (Å²) in [7, 11) is 3.50. The molecule has 0 bridgehead atoms. The van der Waals surface area contributed by atoms with Crippen molar-refractivity contribution in [1.29, 1.82) is 0 Å². The predicted molar refractivity (Wildman–Crippen MR) is 93.2 cm³/mol. The van der Waals surface area contributed by atoms with Crippen molar-refractivity contribution in [3.05, 3.63) is 29.3 Å². The van der Waals surface area contributed by atoms with Crippen molar-refractivity contribution < 1.29 is 14.6 Å². The van der Waals surface area contributed by atoms with E-state index in [1.165, 1.54) is 5.56 Å². The van der Waals surface area contributed by atoms with Crippen molar-refractivity contribution in [1.82, 2.24) is 10.2 Å². The highest BCUT2D eigenvalue weighted by molar-refractivity contribution is 5.74. The molecule has 1 fully saturated rings. The van der Waals surface area contributed by atoms with Gasteiger partial charge >= 0.3 is 6.03 Å². The topological polar surface area (TPSA) is 61.8 Å². The van der Waals surface area contributed by atoms with E-state index in [1.54, 1.807) is 12.0 Å². The third-order valence-corrected chi connectivity index (χ3v) is 5.47. The van der Waals surface area contributed by atoms with Crippen LogP contribution in [0.15, 0.2) is 18.2 Å². The average Bonchev–Trinajstić information content (AvgIpc) is 3.00. The summed E-state index contributed by atoms with van der Waals surface area (Å²) in [6, 6.07) is 6.00. The molecular weight excluding hydrogens is 304 g/mol. The van der Waals surface area contributed by atoms with E-state index in [1.807, 2.05) is 19.2 Å². The number of aliphatic hydroxyl groups is 1. The Morgan fingerprint density at radius 1 is 1.33 bits per heavy atom. The standard InChI is InChI=1S/C19H28N2O3/c1-21(12-13-6-3-4-8-17(13)22)19(23)20-16-11-10-15-14(16)7-5-9-18(15)24-2/h5,7,9,13,16-17,22H,3-4,6,8,10-12H2,1-2H3,(H,20,23). The number of nitrogens with one attached hydrogen (secondary N) is 1. The molecule has 0 aliphatic heterocycles. The van der Waals surface area contributed by atoms with Crippen LogP contribution in [0.2, 0.25) is 0 Å². The fraction of sp³-hybridized carbons (Fsp3) is 0.632. The summed E-state index contributed by atoms with van der Waals surface area (Å²) < 4.78 is 5.42. The molecule has 0 aromatic heterocycles. The monoisotopic (exact) mass is 332 g/mol. The molecule has 3 unspecified atom stereocenters. The summed E-state index contributed by atoms with van der Waals surface area (Å²) >= 11 is 0. The molecule has 5 heteroatoms. The van der Waals surface area contributed by atoms with Crippen molar-refractivity contribution in [2.45, 2.75) is 50.7 Å². The number of nitrogens with zero attached hydrogens (tertiary/aromatic N) is 1. The fourth-order valence-corrected chi connectivity index (χ4v) is 4.06. The number of fused-ring (bicyclic) bond motifs is 1. The number of ether oxygens (including phenoxy) is 1. The van der Waals surface area contributed by atoms with E-state index in [4.69, 9.17) is 4.74 Å². The summed E-state index contributed by atoms with van der Waals surface area (Å²) in [6.45, 7) is 0.616. The molecule has 3 rings (SSSR count). The molecule has 24 heavy (non-hydrogen) atoms. The zero-order valence-electron chi connectivity index (χ0n) is 14.6. The zero-order chi connectivity index (χ0) is 17.1. The molecule has 1 aromatic carbocycles. The van der Waals surface area contributed by atoms with Crippen molar-refractivity contribution in [2.75, 3.05) is 20.7 Å². The van der Waals surface area contributed by atoms with E-state index < -0.39 is 0 Å². The maximum atomic E-state index is 12.5. The summed E-state index contributed by atoms with van der Waals surface area (Å²) in [6.07, 6.45) is 5.65. The molecule has 3 atom stereocenters. The number of methoxy groups -OCH3 is 1. The first-order valence-corrected chi connectivity index (χ1v) is 8.95. The Kier molecular flexibility index (Phi) is 5.29. The summed E-state index contributed by atoms with van der Waals surface area (Å²) in [5, 5.41) is 13.2. The normalized spacial score (nSPS) is 25.9. The lowest BCUT2D eigenvalue weighted by molar-refractivity contribution is 0.0563. The van der Waals surface area contributed by atoms with E-state index in [-0.39, 0.29) is 24.1 Å². The molecule has 5 nitrogen and oxygen atoms in total. The lowest BCUT2D eigenvalue weighted by Gasteiger charge is -2.31. The molecule has 0 radical (unpaired) electrons. The van der Waals surface area contributed by atoms with Crippen LogP contribution >= 0.6 is 0 Å². The Bertz CT molecular complexity index is 590. The summed E-state index contributed by atoms with van der Waals surface area (Å²) in [5.41, 5.74) is 2.37. The molecule has 1 aromatic rings. The second-order valence-corrected chi connectivity index (χ2v) is 7.06. The van der Waals surface area contributed by atoms with Crippen LogP contribution in [0.5, 0.6) is 5.75 Å². The number of amides is 2. The molecule has 2 amide bonds. The van der Waals surface area contributed by atoms with Gasteiger partial charge in [0.05, 0.1) is 19.3 Å². The van der Waals surface area contributed by atoms with Crippen molar-refractivity contribution in [3.63, 3.8) is 0 Å². The van der Waals surface area contributed by atoms with Gasteiger partial charge < -0.3 is 20.1 Å². The minimum absolute atomic E-state index is 0.0429. The second-order valence-electron chi connectivity index (χ2n) is 7.06. The van der Waals surface area contributed by atoms with Crippen molar-refractivity contribution in [3.8, 4) is 5.75 Å². The Balaban J connectivity index is 1.60. The van der Waals surface area contributed by atoms with E-state index in [2.05, 4.69) is 11.4 Å². The maximum absolute atomic E-state index is 12.5. The second kappa shape index (κ2) is 7.43. The highest BCUT2D eigenvalue weighted by Gasteiger charge is 2.29. The third kappa shape index (κ3) is 3.51. The predicted octanol–water partition coefficient (Wildman–Crippen LogP) is 2.88. The first-order valence-electron chi connectivity index (χ1n) is 8.95. The third-order valence-electron chi connectivity index (χ3n) is 5.47. The number of rotatable bonds is 4. The minimum Gasteiger partial charge on any atom is -0.496 e. The Morgan fingerprint density at radius 2 is 2.12 bits per heavy atom. The lowest BCUT2D eigenvalue weighted by atomic mass is 9.86. The number of hydrogen-bond acceptors (Lipinski definition) is 3. The van der Waals surface area contributed by atoms with Gasteiger partial charge in [-0.3, -0.25) is 0 Å². The maximum Gasteiger partial charge on any atom is 0.317 e. The van der Waals surface area contributed by atoms with Crippen molar-refractivity contribution in [2.24, 2.45) is 5.92 Å².